The van der Waals surface area contributed by atoms with E-state index >= 15 is 0 Å². The van der Waals surface area contributed by atoms with Gasteiger partial charge >= 0.3 is 5.97 Å². The number of carbonyl (C=O) groups excluding carboxylic acids is 2. The second kappa shape index (κ2) is 4.87. The minimum absolute atomic E-state index is 0.00699. The van der Waals surface area contributed by atoms with Crippen molar-refractivity contribution >= 4 is 17.3 Å². The molecule has 0 aliphatic carbocycles. The van der Waals surface area contributed by atoms with Crippen LogP contribution in [0.1, 0.15) is 12.0 Å². The Hall–Kier alpha value is -1.94. The van der Waals surface area contributed by atoms with Crippen molar-refractivity contribution in [2.75, 3.05) is 14.2 Å². The van der Waals surface area contributed by atoms with Crippen molar-refractivity contribution in [1.29, 1.82) is 0 Å². The van der Waals surface area contributed by atoms with Crippen LogP contribution in [0.5, 0.6) is 0 Å². The van der Waals surface area contributed by atoms with Crippen LogP contribution in [0.2, 0.25) is 0 Å². The lowest BCUT2D eigenvalue weighted by Gasteiger charge is -2.29. The number of methoxy groups -OCH3 is 1. The second-order valence-corrected chi connectivity index (χ2v) is 5.51. The summed E-state index contributed by atoms with van der Waals surface area (Å²) in [7, 11) is 3.40. The fraction of sp³-hybridized carbons (Fsp3) is 0.375. The first-order chi connectivity index (χ1) is 9.63. The Morgan fingerprint density at radius 3 is 2.65 bits per heavy atom. The Bertz CT molecular complexity index is 579. The molecule has 0 amide bonds. The number of nitrogens with one attached hydrogen (secondary N) is 1. The number of esters is 1. The third kappa shape index (κ3) is 1.88. The molecule has 3 rings (SSSR count). The smallest absolute Gasteiger partial charge is 0.315 e. The molecule has 4 atom stereocenters. The average molecular weight is 272 g/mol. The van der Waals surface area contributed by atoms with Crippen molar-refractivity contribution in [3.8, 4) is 0 Å². The van der Waals surface area contributed by atoms with Gasteiger partial charge in [-0.2, -0.15) is 0 Å². The lowest BCUT2D eigenvalue weighted by atomic mass is 9.89. The molecule has 2 aliphatic rings. The quantitative estimate of drug-likeness (QED) is 0.777. The Morgan fingerprint density at radius 1 is 1.30 bits per heavy atom. The van der Waals surface area contributed by atoms with Crippen LogP contribution in [0.15, 0.2) is 36.4 Å². The number of ether oxygens (including phenoxy) is 1. The first-order valence-electron chi connectivity index (χ1n) is 6.85. The number of benzene rings is 1. The van der Waals surface area contributed by atoms with Crippen LogP contribution in [0.4, 0.5) is 0 Å². The molecule has 4 nitrogen and oxygen atoms in total. The van der Waals surface area contributed by atoms with Crippen molar-refractivity contribution in [2.24, 2.45) is 5.92 Å². The van der Waals surface area contributed by atoms with E-state index in [0.29, 0.717) is 6.42 Å². The summed E-state index contributed by atoms with van der Waals surface area (Å²) in [5.74, 6) is -0.333. The summed E-state index contributed by atoms with van der Waals surface area (Å²) >= 11 is 0. The van der Waals surface area contributed by atoms with Gasteiger partial charge < -0.3 is 9.64 Å². The lowest BCUT2D eigenvalue weighted by molar-refractivity contribution is -0.900. The number of rotatable bonds is 2. The summed E-state index contributed by atoms with van der Waals surface area (Å²) in [5.41, 5.74) is 1.97. The highest BCUT2D eigenvalue weighted by Gasteiger charge is 2.54. The van der Waals surface area contributed by atoms with Crippen LogP contribution in [0.25, 0.3) is 5.57 Å². The SMILES string of the molecule is COC(=O)[C@H]1C[C@H]2C(=O)C=C(c3ccccc3)[C@@H]1[NH+]2C. The minimum atomic E-state index is -0.233. The molecule has 1 fully saturated rings. The van der Waals surface area contributed by atoms with Gasteiger partial charge in [-0.1, -0.05) is 30.3 Å². The summed E-state index contributed by atoms with van der Waals surface area (Å²) in [6.45, 7) is 0. The lowest BCUT2D eigenvalue weighted by Crippen LogP contribution is -3.16. The standard InChI is InChI=1S/C16H17NO3/c1-17-13-8-12(16(19)20-2)15(17)11(9-14(13)18)10-6-4-3-5-7-10/h3-7,9,12-13,15H,8H2,1-2H3/p+1/t12-,13-,15-/m0/s1. The van der Waals surface area contributed by atoms with Crippen LogP contribution < -0.4 is 4.90 Å². The van der Waals surface area contributed by atoms with Gasteiger partial charge in [0.15, 0.2) is 6.04 Å². The van der Waals surface area contributed by atoms with Gasteiger partial charge in [-0.25, -0.2) is 0 Å². The fourth-order valence-electron chi connectivity index (χ4n) is 3.53. The molecule has 2 aliphatic heterocycles. The molecule has 0 spiro atoms. The highest BCUT2D eigenvalue weighted by Crippen LogP contribution is 2.32. The van der Waals surface area contributed by atoms with E-state index in [1.807, 2.05) is 37.4 Å². The molecule has 20 heavy (non-hydrogen) atoms. The third-order valence-electron chi connectivity index (χ3n) is 4.52. The summed E-state index contributed by atoms with van der Waals surface area (Å²) in [5, 5.41) is 0. The van der Waals surface area contributed by atoms with Gasteiger partial charge in [0.25, 0.3) is 0 Å². The van der Waals surface area contributed by atoms with Gasteiger partial charge in [0.1, 0.15) is 12.0 Å². The number of hydrogen-bond acceptors (Lipinski definition) is 3. The Morgan fingerprint density at radius 2 is 2.00 bits per heavy atom. The molecule has 104 valence electrons. The zero-order valence-corrected chi connectivity index (χ0v) is 11.6. The van der Waals surface area contributed by atoms with Crippen molar-refractivity contribution in [1.82, 2.24) is 0 Å². The van der Waals surface area contributed by atoms with Crippen LogP contribution >= 0.6 is 0 Å². The summed E-state index contributed by atoms with van der Waals surface area (Å²) in [6, 6.07) is 9.71. The molecular formula is C16H18NO3+. The maximum absolute atomic E-state index is 12.3. The summed E-state index contributed by atoms with van der Waals surface area (Å²) in [6.07, 6.45) is 2.30. The maximum atomic E-state index is 12.3. The largest absolute Gasteiger partial charge is 0.469 e. The highest BCUT2D eigenvalue weighted by molar-refractivity contribution is 6.03. The highest BCUT2D eigenvalue weighted by atomic mass is 16.5. The van der Waals surface area contributed by atoms with E-state index in [2.05, 4.69) is 0 Å². The first kappa shape index (κ1) is 13.1. The molecule has 1 aromatic rings. The van der Waals surface area contributed by atoms with Crippen molar-refractivity contribution in [3.63, 3.8) is 0 Å². The van der Waals surface area contributed by atoms with Gasteiger partial charge in [0.2, 0.25) is 5.78 Å². The Kier molecular flexibility index (Phi) is 3.18. The number of quaternary nitrogens is 1. The van der Waals surface area contributed by atoms with E-state index in [9.17, 15) is 9.59 Å². The molecule has 0 aromatic heterocycles. The average Bonchev–Trinajstić information content (AvgIpc) is 2.72. The number of ketones is 1. The molecule has 1 N–H and O–H groups in total. The zero-order valence-electron chi connectivity index (χ0n) is 11.6. The first-order valence-corrected chi connectivity index (χ1v) is 6.85. The normalized spacial score (nSPS) is 31.9. The number of fused-ring (bicyclic) bond motifs is 2. The Labute approximate surface area is 118 Å². The number of hydrogen-bond donors (Lipinski definition) is 1. The molecule has 0 radical (unpaired) electrons. The predicted molar refractivity (Wildman–Crippen MR) is 74.0 cm³/mol. The molecule has 1 unspecified atom stereocenters. The van der Waals surface area contributed by atoms with Gasteiger partial charge in [-0.3, -0.25) is 9.59 Å². The van der Waals surface area contributed by atoms with E-state index in [0.717, 1.165) is 16.0 Å². The Balaban J connectivity index is 2.05. The van der Waals surface area contributed by atoms with E-state index in [-0.39, 0.29) is 29.8 Å². The molecular weight excluding hydrogens is 254 g/mol. The minimum Gasteiger partial charge on any atom is -0.469 e. The van der Waals surface area contributed by atoms with E-state index in [1.165, 1.54) is 7.11 Å². The van der Waals surface area contributed by atoms with Gasteiger partial charge in [0.05, 0.1) is 14.2 Å². The van der Waals surface area contributed by atoms with E-state index in [4.69, 9.17) is 4.74 Å². The van der Waals surface area contributed by atoms with Gasteiger partial charge in [-0.05, 0) is 11.6 Å². The van der Waals surface area contributed by atoms with Gasteiger partial charge in [0, 0.05) is 12.0 Å². The number of carbonyl (C=O) groups is 2. The fourth-order valence-corrected chi connectivity index (χ4v) is 3.53. The topological polar surface area (TPSA) is 47.8 Å². The molecule has 0 saturated carbocycles. The monoisotopic (exact) mass is 272 g/mol. The summed E-state index contributed by atoms with van der Waals surface area (Å²) < 4.78 is 4.92. The molecule has 1 saturated heterocycles. The maximum Gasteiger partial charge on any atom is 0.315 e. The van der Waals surface area contributed by atoms with E-state index < -0.39 is 0 Å². The molecule has 2 heterocycles. The summed E-state index contributed by atoms with van der Waals surface area (Å²) in [4.78, 5) is 25.4. The van der Waals surface area contributed by atoms with E-state index in [1.54, 1.807) is 6.08 Å². The number of likely N-dealkylation sites (N-methyl/N-ethyl adjacent to an activating group) is 1. The van der Waals surface area contributed by atoms with Crippen LogP contribution in [0.3, 0.4) is 0 Å². The predicted octanol–water partition coefficient (Wildman–Crippen LogP) is 0.0975. The van der Waals surface area contributed by atoms with Crippen molar-refractivity contribution in [2.45, 2.75) is 18.5 Å². The van der Waals surface area contributed by atoms with Crippen LogP contribution in [-0.4, -0.2) is 38.0 Å². The second-order valence-electron chi connectivity index (χ2n) is 5.51. The van der Waals surface area contributed by atoms with Crippen molar-refractivity contribution < 1.29 is 19.2 Å². The molecule has 2 bridgehead atoms. The molecule has 4 heteroatoms. The van der Waals surface area contributed by atoms with Crippen LogP contribution in [-0.2, 0) is 14.3 Å². The van der Waals surface area contributed by atoms with Gasteiger partial charge in [-0.15, -0.1) is 0 Å². The van der Waals surface area contributed by atoms with Crippen molar-refractivity contribution in [3.05, 3.63) is 42.0 Å². The third-order valence-corrected chi connectivity index (χ3v) is 4.52. The molecule has 1 aromatic carbocycles. The van der Waals surface area contributed by atoms with Crippen LogP contribution in [0, 0.1) is 5.92 Å². The zero-order chi connectivity index (χ0) is 14.3.